The SMILES string of the molecule is CC[C@H](C)[C@H](N)C(=O)N[C@@H](CCC(N)=O)C(=O)N[C@H](CC(C)C)[C@H](O)CC(=O)N[C@@H](CC(N)=O)C(=O)N[C@@H](Cc1ccccc1)C(=O)N[C@@H](CO)C(=O)O. The molecular weight excluding hydrogens is 708 g/mol. The van der Waals surface area contributed by atoms with Crippen LogP contribution in [-0.4, -0.2) is 112 Å². The van der Waals surface area contributed by atoms with Crippen LogP contribution in [-0.2, 0) is 44.8 Å². The summed E-state index contributed by atoms with van der Waals surface area (Å²) >= 11 is 0. The molecule has 0 aliphatic rings. The lowest BCUT2D eigenvalue weighted by Crippen LogP contribution is -2.58. The Bertz CT molecular complexity index is 1450. The Morgan fingerprint density at radius 1 is 0.722 bits per heavy atom. The highest BCUT2D eigenvalue weighted by Gasteiger charge is 2.33. The lowest BCUT2D eigenvalue weighted by Gasteiger charge is -2.29. The van der Waals surface area contributed by atoms with Crippen LogP contribution in [0.15, 0.2) is 30.3 Å². The number of aliphatic hydroxyl groups excluding tert-OH is 2. The average Bonchev–Trinajstić information content (AvgIpc) is 3.10. The van der Waals surface area contributed by atoms with Crippen molar-refractivity contribution in [2.45, 2.75) is 115 Å². The zero-order valence-corrected chi connectivity index (χ0v) is 31.1. The van der Waals surface area contributed by atoms with Crippen LogP contribution in [0, 0.1) is 11.8 Å². The molecule has 0 bridgehead atoms. The summed E-state index contributed by atoms with van der Waals surface area (Å²) in [5.74, 6) is -7.98. The number of hydrogen-bond acceptors (Lipinski definition) is 11. The number of aliphatic carboxylic acids is 1. The summed E-state index contributed by atoms with van der Waals surface area (Å²) in [4.78, 5) is 101. The number of carboxylic acids is 1. The highest BCUT2D eigenvalue weighted by molar-refractivity contribution is 5.96. The van der Waals surface area contributed by atoms with Crippen molar-refractivity contribution in [2.75, 3.05) is 6.61 Å². The third-order valence-electron chi connectivity index (χ3n) is 8.55. The number of rotatable bonds is 25. The van der Waals surface area contributed by atoms with E-state index in [1.54, 1.807) is 51.1 Å². The maximum atomic E-state index is 13.4. The van der Waals surface area contributed by atoms with E-state index < -0.39 is 109 Å². The van der Waals surface area contributed by atoms with Crippen molar-refractivity contribution in [1.29, 1.82) is 0 Å². The summed E-state index contributed by atoms with van der Waals surface area (Å²) in [5, 5.41) is 41.8. The van der Waals surface area contributed by atoms with Crippen molar-refractivity contribution in [1.82, 2.24) is 26.6 Å². The van der Waals surface area contributed by atoms with Crippen LogP contribution < -0.4 is 43.8 Å². The first-order valence-electron chi connectivity index (χ1n) is 17.7. The van der Waals surface area contributed by atoms with Crippen LogP contribution in [0.4, 0.5) is 0 Å². The molecule has 0 radical (unpaired) electrons. The molecule has 0 saturated heterocycles. The molecule has 1 aromatic carbocycles. The largest absolute Gasteiger partial charge is 0.480 e. The van der Waals surface area contributed by atoms with Crippen LogP contribution in [0.25, 0.3) is 0 Å². The van der Waals surface area contributed by atoms with E-state index in [-0.39, 0.29) is 37.5 Å². The molecule has 0 fully saturated rings. The molecule has 1 rings (SSSR count). The number of carbonyl (C=O) groups excluding carboxylic acids is 7. The Balaban J connectivity index is 3.21. The van der Waals surface area contributed by atoms with Crippen molar-refractivity contribution in [3.05, 3.63) is 35.9 Å². The van der Waals surface area contributed by atoms with Crippen molar-refractivity contribution in [3.63, 3.8) is 0 Å². The zero-order chi connectivity index (χ0) is 41.1. The second-order valence-corrected chi connectivity index (χ2v) is 13.6. The number of benzene rings is 1. The topological polar surface area (TPSA) is 335 Å². The average molecular weight is 765 g/mol. The number of amides is 7. The van der Waals surface area contributed by atoms with Crippen LogP contribution in [0.5, 0.6) is 0 Å². The van der Waals surface area contributed by atoms with E-state index in [0.717, 1.165) is 0 Å². The second-order valence-electron chi connectivity index (χ2n) is 13.6. The van der Waals surface area contributed by atoms with Gasteiger partial charge in [0.15, 0.2) is 0 Å². The first-order valence-corrected chi connectivity index (χ1v) is 17.7. The predicted molar refractivity (Wildman–Crippen MR) is 194 cm³/mol. The minimum atomic E-state index is -1.69. The van der Waals surface area contributed by atoms with E-state index in [9.17, 15) is 53.7 Å². The predicted octanol–water partition coefficient (Wildman–Crippen LogP) is -2.96. The van der Waals surface area contributed by atoms with Crippen molar-refractivity contribution >= 4 is 47.3 Å². The first-order chi connectivity index (χ1) is 25.3. The van der Waals surface area contributed by atoms with Gasteiger partial charge in [-0.2, -0.15) is 0 Å². The fourth-order valence-corrected chi connectivity index (χ4v) is 5.22. The highest BCUT2D eigenvalue weighted by atomic mass is 16.4. The molecular formula is C35H56N8O11. The number of carbonyl (C=O) groups is 8. The normalized spacial score (nSPS) is 15.6. The van der Waals surface area contributed by atoms with Crippen molar-refractivity contribution in [3.8, 4) is 0 Å². The molecule has 0 aliphatic heterocycles. The van der Waals surface area contributed by atoms with Gasteiger partial charge in [-0.15, -0.1) is 0 Å². The standard InChI is InChI=1S/C35H56N8O11/c1-5-19(4)30(38)34(52)40-21(11-12-27(36)46)31(49)41-22(13-18(2)3)26(45)16-29(48)39-24(15-28(37)47)33(51)42-23(14-20-9-7-6-8-10-20)32(50)43-25(17-44)35(53)54/h6-10,18-19,21-26,30,44-45H,5,11-17,38H2,1-4H3,(H2,36,46)(H2,37,47)(H,39,48)(H,40,52)(H,41,49)(H,42,51)(H,43,50)(H,53,54)/t19-,21-,22+,23-,24-,25-,26+,30-/m0/s1. The minimum Gasteiger partial charge on any atom is -0.480 e. The number of aliphatic hydroxyl groups is 2. The molecule has 0 heterocycles. The smallest absolute Gasteiger partial charge is 0.328 e. The van der Waals surface area contributed by atoms with Gasteiger partial charge in [-0.1, -0.05) is 64.4 Å². The molecule has 7 amide bonds. The molecule has 0 aliphatic carbocycles. The lowest BCUT2D eigenvalue weighted by atomic mass is 9.95. The van der Waals surface area contributed by atoms with Gasteiger partial charge in [-0.25, -0.2) is 4.79 Å². The number of nitrogens with two attached hydrogens (primary N) is 3. The zero-order valence-electron chi connectivity index (χ0n) is 31.1. The van der Waals surface area contributed by atoms with Gasteiger partial charge in [0.25, 0.3) is 0 Å². The molecule has 14 N–H and O–H groups in total. The monoisotopic (exact) mass is 764 g/mol. The lowest BCUT2D eigenvalue weighted by molar-refractivity contribution is -0.143. The van der Waals surface area contributed by atoms with Crippen LogP contribution >= 0.6 is 0 Å². The Morgan fingerprint density at radius 3 is 1.80 bits per heavy atom. The highest BCUT2D eigenvalue weighted by Crippen LogP contribution is 2.14. The van der Waals surface area contributed by atoms with E-state index >= 15 is 0 Å². The fraction of sp³-hybridized carbons (Fsp3) is 0.600. The van der Waals surface area contributed by atoms with E-state index in [4.69, 9.17) is 17.2 Å². The van der Waals surface area contributed by atoms with Gasteiger partial charge >= 0.3 is 5.97 Å². The number of primary amides is 2. The van der Waals surface area contributed by atoms with E-state index in [1.165, 1.54) is 0 Å². The summed E-state index contributed by atoms with van der Waals surface area (Å²) < 4.78 is 0. The van der Waals surface area contributed by atoms with Crippen LogP contribution in [0.3, 0.4) is 0 Å². The quantitative estimate of drug-likeness (QED) is 0.0476. The Hall–Kier alpha value is -5.14. The third-order valence-corrected chi connectivity index (χ3v) is 8.55. The molecule has 19 nitrogen and oxygen atoms in total. The number of hydrogen-bond donors (Lipinski definition) is 11. The molecule has 0 unspecified atom stereocenters. The molecule has 8 atom stereocenters. The summed E-state index contributed by atoms with van der Waals surface area (Å²) in [6.07, 6.45) is -2.82. The van der Waals surface area contributed by atoms with Gasteiger partial charge in [0.05, 0.1) is 37.6 Å². The third kappa shape index (κ3) is 17.1. The van der Waals surface area contributed by atoms with Gasteiger partial charge < -0.3 is 59.1 Å². The molecule has 0 saturated carbocycles. The maximum absolute atomic E-state index is 13.4. The molecule has 54 heavy (non-hydrogen) atoms. The van der Waals surface area contributed by atoms with E-state index in [2.05, 4.69) is 26.6 Å². The van der Waals surface area contributed by atoms with Crippen LogP contribution in [0.1, 0.15) is 71.8 Å². The van der Waals surface area contributed by atoms with Crippen molar-refractivity contribution in [2.24, 2.45) is 29.0 Å². The second kappa shape index (κ2) is 23.5. The van der Waals surface area contributed by atoms with Gasteiger partial charge in [0.2, 0.25) is 41.4 Å². The van der Waals surface area contributed by atoms with Gasteiger partial charge in [0, 0.05) is 12.8 Å². The summed E-state index contributed by atoms with van der Waals surface area (Å²) in [7, 11) is 0. The summed E-state index contributed by atoms with van der Waals surface area (Å²) in [6, 6.07) is 0.258. The van der Waals surface area contributed by atoms with Gasteiger partial charge in [0.1, 0.15) is 24.2 Å². The van der Waals surface area contributed by atoms with Crippen molar-refractivity contribution < 1.29 is 53.7 Å². The molecule has 0 spiro atoms. The van der Waals surface area contributed by atoms with Gasteiger partial charge in [-0.3, -0.25) is 33.6 Å². The van der Waals surface area contributed by atoms with E-state index in [0.29, 0.717) is 12.0 Å². The molecule has 1 aromatic rings. The van der Waals surface area contributed by atoms with Crippen LogP contribution in [0.2, 0.25) is 0 Å². The summed E-state index contributed by atoms with van der Waals surface area (Å²) in [6.45, 7) is 6.24. The van der Waals surface area contributed by atoms with E-state index in [1.807, 2.05) is 6.92 Å². The Kier molecular flexibility index (Phi) is 20.4. The first kappa shape index (κ1) is 46.9. The number of nitrogens with one attached hydrogen (secondary N) is 5. The Labute approximate surface area is 313 Å². The fourth-order valence-electron chi connectivity index (χ4n) is 5.22. The van der Waals surface area contributed by atoms with Gasteiger partial charge in [-0.05, 0) is 30.2 Å². The molecule has 19 heteroatoms. The molecule has 0 aromatic heterocycles. The molecule has 302 valence electrons. The summed E-state index contributed by atoms with van der Waals surface area (Å²) in [5.41, 5.74) is 17.2. The maximum Gasteiger partial charge on any atom is 0.328 e. The number of carboxylic acid groups (broad SMARTS) is 1. The minimum absolute atomic E-state index is 0.127. The Morgan fingerprint density at radius 2 is 1.28 bits per heavy atom.